The molecule has 0 saturated carbocycles. The smallest absolute Gasteiger partial charge is 0.0449 e. The fourth-order valence-corrected chi connectivity index (χ4v) is 2.61. The SMILES string of the molecule is CCCNC(CN(C)CCC)c1ccc(C(C)(C)C)cc1. The zero-order valence-corrected chi connectivity index (χ0v) is 14.9. The largest absolute Gasteiger partial charge is 0.309 e. The Morgan fingerprint density at radius 2 is 1.67 bits per heavy atom. The molecule has 0 heterocycles. The number of nitrogens with zero attached hydrogens (tertiary/aromatic N) is 1. The van der Waals surface area contributed by atoms with Gasteiger partial charge in [-0.05, 0) is 49.5 Å². The molecule has 0 fully saturated rings. The molecule has 0 aliphatic rings. The highest BCUT2D eigenvalue weighted by Crippen LogP contribution is 2.24. The lowest BCUT2D eigenvalue weighted by atomic mass is 9.86. The van der Waals surface area contributed by atoms with E-state index in [1.165, 1.54) is 24.0 Å². The maximum atomic E-state index is 3.69. The van der Waals surface area contributed by atoms with Crippen LogP contribution in [0.5, 0.6) is 0 Å². The van der Waals surface area contributed by atoms with Crippen molar-refractivity contribution in [2.24, 2.45) is 0 Å². The van der Waals surface area contributed by atoms with Crippen molar-refractivity contribution < 1.29 is 0 Å². The summed E-state index contributed by atoms with van der Waals surface area (Å²) >= 11 is 0. The second-order valence-corrected chi connectivity index (χ2v) is 7.14. The van der Waals surface area contributed by atoms with Crippen LogP contribution in [0.15, 0.2) is 24.3 Å². The third-order valence-corrected chi connectivity index (χ3v) is 3.92. The minimum Gasteiger partial charge on any atom is -0.309 e. The Morgan fingerprint density at radius 1 is 1.05 bits per heavy atom. The van der Waals surface area contributed by atoms with Crippen LogP contribution in [0.2, 0.25) is 0 Å². The van der Waals surface area contributed by atoms with Gasteiger partial charge in [-0.2, -0.15) is 0 Å². The summed E-state index contributed by atoms with van der Waals surface area (Å²) < 4.78 is 0. The number of hydrogen-bond donors (Lipinski definition) is 1. The number of hydrogen-bond acceptors (Lipinski definition) is 2. The Balaban J connectivity index is 2.82. The van der Waals surface area contributed by atoms with Crippen LogP contribution in [-0.2, 0) is 5.41 Å². The summed E-state index contributed by atoms with van der Waals surface area (Å²) in [5, 5.41) is 3.69. The minimum absolute atomic E-state index is 0.226. The zero-order chi connectivity index (χ0) is 15.9. The first-order valence-electron chi connectivity index (χ1n) is 8.40. The second-order valence-electron chi connectivity index (χ2n) is 7.14. The van der Waals surface area contributed by atoms with Crippen molar-refractivity contribution in [3.05, 3.63) is 35.4 Å². The van der Waals surface area contributed by atoms with Gasteiger partial charge in [0.05, 0.1) is 0 Å². The maximum Gasteiger partial charge on any atom is 0.0449 e. The summed E-state index contributed by atoms with van der Waals surface area (Å²) in [6, 6.07) is 9.60. The average Bonchev–Trinajstić information content (AvgIpc) is 2.43. The van der Waals surface area contributed by atoms with Crippen LogP contribution in [0.4, 0.5) is 0 Å². The topological polar surface area (TPSA) is 15.3 Å². The van der Waals surface area contributed by atoms with E-state index in [1.807, 2.05) is 0 Å². The summed E-state index contributed by atoms with van der Waals surface area (Å²) in [6.45, 7) is 14.6. The van der Waals surface area contributed by atoms with E-state index in [1.54, 1.807) is 0 Å². The Kier molecular flexibility index (Phi) is 7.41. The van der Waals surface area contributed by atoms with Crippen molar-refractivity contribution in [2.45, 2.75) is 58.9 Å². The molecule has 2 nitrogen and oxygen atoms in total. The highest BCUT2D eigenvalue weighted by Gasteiger charge is 2.16. The summed E-state index contributed by atoms with van der Waals surface area (Å²) in [5.74, 6) is 0. The van der Waals surface area contributed by atoms with Gasteiger partial charge >= 0.3 is 0 Å². The van der Waals surface area contributed by atoms with Crippen molar-refractivity contribution in [2.75, 3.05) is 26.7 Å². The van der Waals surface area contributed by atoms with Gasteiger partial charge in [0.1, 0.15) is 0 Å². The lowest BCUT2D eigenvalue weighted by Crippen LogP contribution is -2.34. The van der Waals surface area contributed by atoms with Crippen LogP contribution in [0.3, 0.4) is 0 Å². The molecule has 0 spiro atoms. The zero-order valence-electron chi connectivity index (χ0n) is 14.9. The van der Waals surface area contributed by atoms with Gasteiger partial charge < -0.3 is 10.2 Å². The molecule has 120 valence electrons. The fraction of sp³-hybridized carbons (Fsp3) is 0.684. The van der Waals surface area contributed by atoms with Crippen LogP contribution in [0, 0.1) is 0 Å². The summed E-state index contributed by atoms with van der Waals surface area (Å²) in [4.78, 5) is 2.42. The average molecular weight is 290 g/mol. The lowest BCUT2D eigenvalue weighted by Gasteiger charge is -2.26. The van der Waals surface area contributed by atoms with Crippen molar-refractivity contribution in [3.63, 3.8) is 0 Å². The molecule has 2 heteroatoms. The van der Waals surface area contributed by atoms with E-state index in [4.69, 9.17) is 0 Å². The molecule has 0 aliphatic heterocycles. The molecule has 1 rings (SSSR count). The third-order valence-electron chi connectivity index (χ3n) is 3.92. The van der Waals surface area contributed by atoms with Gasteiger partial charge in [-0.25, -0.2) is 0 Å². The molecule has 1 aromatic carbocycles. The number of likely N-dealkylation sites (N-methyl/N-ethyl adjacent to an activating group) is 1. The second kappa shape index (κ2) is 8.55. The molecule has 1 unspecified atom stereocenters. The first-order valence-corrected chi connectivity index (χ1v) is 8.40. The molecule has 0 saturated heterocycles. The van der Waals surface area contributed by atoms with Gasteiger partial charge in [-0.1, -0.05) is 58.9 Å². The highest BCUT2D eigenvalue weighted by molar-refractivity contribution is 5.29. The van der Waals surface area contributed by atoms with Gasteiger partial charge in [0.15, 0.2) is 0 Å². The van der Waals surface area contributed by atoms with E-state index in [0.29, 0.717) is 6.04 Å². The predicted molar refractivity (Wildman–Crippen MR) is 94.0 cm³/mol. The van der Waals surface area contributed by atoms with Crippen molar-refractivity contribution in [1.29, 1.82) is 0 Å². The van der Waals surface area contributed by atoms with Crippen molar-refractivity contribution in [1.82, 2.24) is 10.2 Å². The Hall–Kier alpha value is -0.860. The number of benzene rings is 1. The van der Waals surface area contributed by atoms with E-state index < -0.39 is 0 Å². The van der Waals surface area contributed by atoms with Gasteiger partial charge in [-0.3, -0.25) is 0 Å². The summed E-state index contributed by atoms with van der Waals surface area (Å²) in [7, 11) is 2.22. The molecule has 1 atom stereocenters. The van der Waals surface area contributed by atoms with Gasteiger partial charge in [0.2, 0.25) is 0 Å². The Labute approximate surface area is 131 Å². The van der Waals surface area contributed by atoms with Gasteiger partial charge in [-0.15, -0.1) is 0 Å². The van der Waals surface area contributed by atoms with Crippen molar-refractivity contribution in [3.8, 4) is 0 Å². The van der Waals surface area contributed by atoms with Crippen molar-refractivity contribution >= 4 is 0 Å². The van der Waals surface area contributed by atoms with Gasteiger partial charge in [0, 0.05) is 12.6 Å². The summed E-state index contributed by atoms with van der Waals surface area (Å²) in [6.07, 6.45) is 2.38. The summed E-state index contributed by atoms with van der Waals surface area (Å²) in [5.41, 5.74) is 3.03. The highest BCUT2D eigenvalue weighted by atomic mass is 15.1. The van der Waals surface area contributed by atoms with E-state index in [9.17, 15) is 0 Å². The van der Waals surface area contributed by atoms with E-state index in [2.05, 4.69) is 76.1 Å². The maximum absolute atomic E-state index is 3.69. The molecule has 0 radical (unpaired) electrons. The quantitative estimate of drug-likeness (QED) is 0.765. The fourth-order valence-electron chi connectivity index (χ4n) is 2.61. The Bertz CT molecular complexity index is 389. The first-order chi connectivity index (χ1) is 9.88. The molecule has 0 amide bonds. The standard InChI is InChI=1S/C19H34N2/c1-7-13-20-18(15-21(6)14-8-2)16-9-11-17(12-10-16)19(3,4)5/h9-12,18,20H,7-8,13-15H2,1-6H3. The minimum atomic E-state index is 0.226. The molecule has 1 N–H and O–H groups in total. The van der Waals surface area contributed by atoms with Crippen LogP contribution in [0.25, 0.3) is 0 Å². The van der Waals surface area contributed by atoms with E-state index in [-0.39, 0.29) is 5.41 Å². The van der Waals surface area contributed by atoms with E-state index >= 15 is 0 Å². The lowest BCUT2D eigenvalue weighted by molar-refractivity contribution is 0.291. The normalized spacial score (nSPS) is 13.7. The Morgan fingerprint density at radius 3 is 2.14 bits per heavy atom. The molecule has 0 aromatic heterocycles. The van der Waals surface area contributed by atoms with Crippen LogP contribution in [0.1, 0.15) is 64.6 Å². The van der Waals surface area contributed by atoms with Crippen LogP contribution in [-0.4, -0.2) is 31.6 Å². The number of nitrogens with one attached hydrogen (secondary N) is 1. The molecular weight excluding hydrogens is 256 g/mol. The van der Waals surface area contributed by atoms with E-state index in [0.717, 1.165) is 19.6 Å². The molecule has 0 bridgehead atoms. The third kappa shape index (κ3) is 6.19. The molecule has 21 heavy (non-hydrogen) atoms. The molecule has 1 aromatic rings. The predicted octanol–water partition coefficient (Wildman–Crippen LogP) is 4.37. The molecular formula is C19H34N2. The molecule has 0 aliphatic carbocycles. The van der Waals surface area contributed by atoms with Gasteiger partial charge in [0.25, 0.3) is 0 Å². The van der Waals surface area contributed by atoms with Crippen LogP contribution < -0.4 is 5.32 Å². The number of rotatable bonds is 8. The van der Waals surface area contributed by atoms with Crippen LogP contribution >= 0.6 is 0 Å². The first kappa shape index (κ1) is 18.2. The monoisotopic (exact) mass is 290 g/mol.